The summed E-state index contributed by atoms with van der Waals surface area (Å²) in [5, 5.41) is 3.51. The minimum Gasteiger partial charge on any atom is -0.316 e. The summed E-state index contributed by atoms with van der Waals surface area (Å²) in [6.07, 6.45) is 2.95. The molecule has 0 aromatic heterocycles. The fourth-order valence-electron chi connectivity index (χ4n) is 1.43. The molecule has 0 spiro atoms. The highest BCUT2D eigenvalue weighted by Gasteiger charge is 2.27. The maximum absolute atomic E-state index is 3.51. The van der Waals surface area contributed by atoms with E-state index in [1.54, 1.807) is 0 Å². The quantitative estimate of drug-likeness (QED) is 0.642. The van der Waals surface area contributed by atoms with Crippen molar-refractivity contribution in [2.75, 3.05) is 13.1 Å². The Labute approximate surface area is 70.6 Å². The van der Waals surface area contributed by atoms with Gasteiger partial charge < -0.3 is 5.32 Å². The van der Waals surface area contributed by atoms with Crippen LogP contribution in [0.2, 0.25) is 0 Å². The van der Waals surface area contributed by atoms with Gasteiger partial charge in [-0.15, -0.1) is 0 Å². The standard InChI is InChI=1S/C10H21N/c1-8(2)6-11-7-9(3)10-4-5-10/h8-11H,4-7H2,1-3H3. The average molecular weight is 155 g/mol. The topological polar surface area (TPSA) is 12.0 Å². The molecule has 1 nitrogen and oxygen atoms in total. The molecule has 1 fully saturated rings. The Kier molecular flexibility index (Phi) is 3.38. The maximum atomic E-state index is 3.51. The Morgan fingerprint density at radius 3 is 2.27 bits per heavy atom. The summed E-state index contributed by atoms with van der Waals surface area (Å²) >= 11 is 0. The van der Waals surface area contributed by atoms with E-state index < -0.39 is 0 Å². The van der Waals surface area contributed by atoms with E-state index in [1.165, 1.54) is 25.9 Å². The van der Waals surface area contributed by atoms with Gasteiger partial charge >= 0.3 is 0 Å². The number of hydrogen-bond donors (Lipinski definition) is 1. The minimum absolute atomic E-state index is 0.793. The van der Waals surface area contributed by atoms with Crippen LogP contribution in [-0.4, -0.2) is 13.1 Å². The Morgan fingerprint density at radius 1 is 1.18 bits per heavy atom. The molecule has 1 atom stereocenters. The van der Waals surface area contributed by atoms with Crippen LogP contribution < -0.4 is 5.32 Å². The first-order chi connectivity index (χ1) is 5.20. The molecule has 66 valence electrons. The molecule has 0 heterocycles. The molecule has 1 rings (SSSR count). The molecule has 11 heavy (non-hydrogen) atoms. The summed E-state index contributed by atoms with van der Waals surface area (Å²) in [5.41, 5.74) is 0. The normalized spacial score (nSPS) is 20.7. The largest absolute Gasteiger partial charge is 0.316 e. The molecule has 0 aliphatic heterocycles. The number of nitrogens with one attached hydrogen (secondary N) is 1. The number of rotatable bonds is 5. The van der Waals surface area contributed by atoms with Gasteiger partial charge in [0.1, 0.15) is 0 Å². The molecule has 0 saturated heterocycles. The lowest BCUT2D eigenvalue weighted by molar-refractivity contribution is 0.439. The molecular weight excluding hydrogens is 134 g/mol. The second-order valence-corrected chi connectivity index (χ2v) is 4.37. The molecule has 0 radical (unpaired) electrons. The van der Waals surface area contributed by atoms with Crippen LogP contribution in [0.5, 0.6) is 0 Å². The lowest BCUT2D eigenvalue weighted by Crippen LogP contribution is -2.25. The molecule has 1 saturated carbocycles. The van der Waals surface area contributed by atoms with E-state index >= 15 is 0 Å². The SMILES string of the molecule is CC(C)CNCC(C)C1CC1. The Balaban J connectivity index is 1.93. The second-order valence-electron chi connectivity index (χ2n) is 4.37. The van der Waals surface area contributed by atoms with E-state index in [9.17, 15) is 0 Å². The van der Waals surface area contributed by atoms with Gasteiger partial charge in [0.25, 0.3) is 0 Å². The molecule has 0 amide bonds. The summed E-state index contributed by atoms with van der Waals surface area (Å²) < 4.78 is 0. The summed E-state index contributed by atoms with van der Waals surface area (Å²) in [5.74, 6) is 2.75. The molecular formula is C10H21N. The molecule has 1 heteroatoms. The molecule has 0 bridgehead atoms. The van der Waals surface area contributed by atoms with Crippen molar-refractivity contribution >= 4 is 0 Å². The summed E-state index contributed by atoms with van der Waals surface area (Å²) in [7, 11) is 0. The van der Waals surface area contributed by atoms with Crippen molar-refractivity contribution in [1.29, 1.82) is 0 Å². The van der Waals surface area contributed by atoms with Gasteiger partial charge in [0.05, 0.1) is 0 Å². The zero-order valence-corrected chi connectivity index (χ0v) is 8.06. The summed E-state index contributed by atoms with van der Waals surface area (Å²) in [6, 6.07) is 0. The third kappa shape index (κ3) is 3.76. The van der Waals surface area contributed by atoms with Crippen LogP contribution in [0.4, 0.5) is 0 Å². The van der Waals surface area contributed by atoms with Crippen molar-refractivity contribution in [3.05, 3.63) is 0 Å². The molecule has 0 aromatic rings. The molecule has 0 aromatic carbocycles. The van der Waals surface area contributed by atoms with Crippen LogP contribution in [0.1, 0.15) is 33.6 Å². The second kappa shape index (κ2) is 4.10. The van der Waals surface area contributed by atoms with Crippen molar-refractivity contribution in [2.45, 2.75) is 33.6 Å². The van der Waals surface area contributed by atoms with Gasteiger partial charge in [-0.25, -0.2) is 0 Å². The highest BCUT2D eigenvalue weighted by Crippen LogP contribution is 2.35. The lowest BCUT2D eigenvalue weighted by atomic mass is 10.1. The van der Waals surface area contributed by atoms with Gasteiger partial charge in [0.15, 0.2) is 0 Å². The Hall–Kier alpha value is -0.0400. The predicted molar refractivity (Wildman–Crippen MR) is 49.6 cm³/mol. The van der Waals surface area contributed by atoms with Gasteiger partial charge in [0.2, 0.25) is 0 Å². The van der Waals surface area contributed by atoms with Gasteiger partial charge in [-0.3, -0.25) is 0 Å². The fraction of sp³-hybridized carbons (Fsp3) is 1.00. The van der Waals surface area contributed by atoms with Gasteiger partial charge in [-0.1, -0.05) is 20.8 Å². The first-order valence-electron chi connectivity index (χ1n) is 4.91. The van der Waals surface area contributed by atoms with Crippen LogP contribution in [0.3, 0.4) is 0 Å². The zero-order valence-electron chi connectivity index (χ0n) is 8.06. The van der Waals surface area contributed by atoms with Gasteiger partial charge in [-0.2, -0.15) is 0 Å². The van der Waals surface area contributed by atoms with Crippen molar-refractivity contribution in [2.24, 2.45) is 17.8 Å². The molecule has 1 unspecified atom stereocenters. The third-order valence-corrected chi connectivity index (χ3v) is 2.45. The maximum Gasteiger partial charge on any atom is -0.00204 e. The smallest absolute Gasteiger partial charge is 0.00204 e. The summed E-state index contributed by atoms with van der Waals surface area (Å²) in [6.45, 7) is 9.29. The Bertz CT molecular complexity index is 105. The molecule has 1 N–H and O–H groups in total. The highest BCUT2D eigenvalue weighted by molar-refractivity contribution is 4.79. The molecule has 1 aliphatic carbocycles. The first kappa shape index (κ1) is 9.05. The van der Waals surface area contributed by atoms with E-state index in [4.69, 9.17) is 0 Å². The van der Waals surface area contributed by atoms with Gasteiger partial charge in [0, 0.05) is 0 Å². The fourth-order valence-corrected chi connectivity index (χ4v) is 1.43. The van der Waals surface area contributed by atoms with Crippen molar-refractivity contribution in [3.8, 4) is 0 Å². The van der Waals surface area contributed by atoms with Crippen LogP contribution in [0.15, 0.2) is 0 Å². The third-order valence-electron chi connectivity index (χ3n) is 2.45. The van der Waals surface area contributed by atoms with Gasteiger partial charge in [-0.05, 0) is 43.7 Å². The monoisotopic (exact) mass is 155 g/mol. The van der Waals surface area contributed by atoms with E-state index in [-0.39, 0.29) is 0 Å². The molecule has 1 aliphatic rings. The van der Waals surface area contributed by atoms with Crippen LogP contribution >= 0.6 is 0 Å². The van der Waals surface area contributed by atoms with E-state index in [0.717, 1.165) is 17.8 Å². The van der Waals surface area contributed by atoms with Crippen LogP contribution in [0, 0.1) is 17.8 Å². The predicted octanol–water partition coefficient (Wildman–Crippen LogP) is 2.28. The lowest BCUT2D eigenvalue weighted by Gasteiger charge is -2.12. The van der Waals surface area contributed by atoms with E-state index in [1.807, 2.05) is 0 Å². The zero-order chi connectivity index (χ0) is 8.27. The first-order valence-corrected chi connectivity index (χ1v) is 4.91. The van der Waals surface area contributed by atoms with E-state index in [0.29, 0.717) is 0 Å². The van der Waals surface area contributed by atoms with Crippen molar-refractivity contribution in [3.63, 3.8) is 0 Å². The van der Waals surface area contributed by atoms with E-state index in [2.05, 4.69) is 26.1 Å². The van der Waals surface area contributed by atoms with Crippen LogP contribution in [0.25, 0.3) is 0 Å². The Morgan fingerprint density at radius 2 is 1.82 bits per heavy atom. The minimum atomic E-state index is 0.793. The average Bonchev–Trinajstić information content (AvgIpc) is 2.66. The summed E-state index contributed by atoms with van der Waals surface area (Å²) in [4.78, 5) is 0. The highest BCUT2D eigenvalue weighted by atomic mass is 14.9. The number of hydrogen-bond acceptors (Lipinski definition) is 1. The van der Waals surface area contributed by atoms with Crippen LogP contribution in [-0.2, 0) is 0 Å². The van der Waals surface area contributed by atoms with Crippen molar-refractivity contribution < 1.29 is 0 Å². The van der Waals surface area contributed by atoms with Crippen molar-refractivity contribution in [1.82, 2.24) is 5.32 Å².